The van der Waals surface area contributed by atoms with Crippen molar-refractivity contribution >= 4 is 17.4 Å². The zero-order valence-electron chi connectivity index (χ0n) is 8.87. The third-order valence-electron chi connectivity index (χ3n) is 2.28. The van der Waals surface area contributed by atoms with Crippen LogP contribution in [0.25, 0.3) is 11.1 Å². The topological polar surface area (TPSA) is 51.8 Å². The molecular formula is C11H7ClF3N3. The van der Waals surface area contributed by atoms with Crippen molar-refractivity contribution in [2.75, 3.05) is 5.73 Å². The van der Waals surface area contributed by atoms with Crippen LogP contribution in [0.5, 0.6) is 0 Å². The van der Waals surface area contributed by atoms with E-state index in [1.165, 1.54) is 24.3 Å². The summed E-state index contributed by atoms with van der Waals surface area (Å²) in [5, 5.41) is 0.419. The van der Waals surface area contributed by atoms with Gasteiger partial charge < -0.3 is 5.73 Å². The van der Waals surface area contributed by atoms with Crippen molar-refractivity contribution in [3.63, 3.8) is 0 Å². The van der Waals surface area contributed by atoms with E-state index in [2.05, 4.69) is 9.97 Å². The molecule has 0 saturated carbocycles. The van der Waals surface area contributed by atoms with Crippen LogP contribution >= 0.6 is 11.6 Å². The maximum Gasteiger partial charge on any atom is 0.434 e. The Labute approximate surface area is 105 Å². The van der Waals surface area contributed by atoms with E-state index in [4.69, 9.17) is 17.3 Å². The minimum atomic E-state index is -4.59. The first-order chi connectivity index (χ1) is 8.39. The molecule has 1 heterocycles. The van der Waals surface area contributed by atoms with Crippen LogP contribution in [0.15, 0.2) is 30.6 Å². The largest absolute Gasteiger partial charge is 0.434 e. The van der Waals surface area contributed by atoms with E-state index in [-0.39, 0.29) is 16.9 Å². The maximum atomic E-state index is 12.8. The molecule has 0 aliphatic heterocycles. The number of aromatic nitrogens is 2. The lowest BCUT2D eigenvalue weighted by Crippen LogP contribution is -2.12. The van der Waals surface area contributed by atoms with Gasteiger partial charge in [-0.2, -0.15) is 13.2 Å². The fourth-order valence-corrected chi connectivity index (χ4v) is 1.64. The highest BCUT2D eigenvalue weighted by Crippen LogP contribution is 2.37. The Kier molecular flexibility index (Phi) is 3.13. The summed E-state index contributed by atoms with van der Waals surface area (Å²) in [6.07, 6.45) is -3.80. The zero-order chi connectivity index (χ0) is 13.3. The number of halogens is 4. The van der Waals surface area contributed by atoms with Gasteiger partial charge in [0.1, 0.15) is 12.1 Å². The van der Waals surface area contributed by atoms with Gasteiger partial charge in [-0.1, -0.05) is 23.7 Å². The predicted molar refractivity (Wildman–Crippen MR) is 61.9 cm³/mol. The number of rotatable bonds is 1. The first-order valence-electron chi connectivity index (χ1n) is 4.83. The number of benzene rings is 1. The molecule has 0 unspecified atom stereocenters. The van der Waals surface area contributed by atoms with Gasteiger partial charge in [-0.25, -0.2) is 9.97 Å². The van der Waals surface area contributed by atoms with E-state index in [1.54, 1.807) is 0 Å². The highest BCUT2D eigenvalue weighted by atomic mass is 35.5. The van der Waals surface area contributed by atoms with Crippen molar-refractivity contribution in [2.45, 2.75) is 6.18 Å². The van der Waals surface area contributed by atoms with E-state index >= 15 is 0 Å². The summed E-state index contributed by atoms with van der Waals surface area (Å²) in [7, 11) is 0. The van der Waals surface area contributed by atoms with Crippen molar-refractivity contribution in [3.05, 3.63) is 41.3 Å². The first kappa shape index (κ1) is 12.6. The minimum absolute atomic E-state index is 0.223. The van der Waals surface area contributed by atoms with Crippen LogP contribution in [0.1, 0.15) is 5.69 Å². The Balaban J connectivity index is 2.66. The predicted octanol–water partition coefficient (Wildman–Crippen LogP) is 3.40. The van der Waals surface area contributed by atoms with Crippen LogP contribution in [0.3, 0.4) is 0 Å². The van der Waals surface area contributed by atoms with Crippen molar-refractivity contribution < 1.29 is 13.2 Å². The Morgan fingerprint density at radius 1 is 1.06 bits per heavy atom. The summed E-state index contributed by atoms with van der Waals surface area (Å²) in [6.45, 7) is 0. The fourth-order valence-electron chi connectivity index (χ4n) is 1.52. The standard InChI is InChI=1S/C11H7ClF3N3/c12-7-3-1-6(2-4-7)8-9(11(13,14)15)17-5-18-10(8)16/h1-5H,(H2,16,17,18). The van der Waals surface area contributed by atoms with Crippen LogP contribution in [-0.4, -0.2) is 9.97 Å². The number of hydrogen-bond acceptors (Lipinski definition) is 3. The van der Waals surface area contributed by atoms with E-state index in [0.717, 1.165) is 6.33 Å². The van der Waals surface area contributed by atoms with Gasteiger partial charge in [0.15, 0.2) is 5.69 Å². The zero-order valence-corrected chi connectivity index (χ0v) is 9.63. The lowest BCUT2D eigenvalue weighted by Gasteiger charge is -2.13. The maximum absolute atomic E-state index is 12.8. The molecule has 2 rings (SSSR count). The molecule has 18 heavy (non-hydrogen) atoms. The Hall–Kier alpha value is -1.82. The van der Waals surface area contributed by atoms with Crippen LogP contribution in [0, 0.1) is 0 Å². The monoisotopic (exact) mass is 273 g/mol. The van der Waals surface area contributed by atoms with Gasteiger partial charge in [0, 0.05) is 5.02 Å². The molecule has 0 atom stereocenters. The molecule has 0 spiro atoms. The fraction of sp³-hybridized carbons (Fsp3) is 0.0909. The molecule has 7 heteroatoms. The number of alkyl halides is 3. The van der Waals surface area contributed by atoms with E-state index in [0.29, 0.717) is 5.02 Å². The molecule has 0 aliphatic carbocycles. The minimum Gasteiger partial charge on any atom is -0.383 e. The second-order valence-electron chi connectivity index (χ2n) is 3.49. The molecule has 0 fully saturated rings. The van der Waals surface area contributed by atoms with Gasteiger partial charge in [0.2, 0.25) is 0 Å². The molecule has 0 bridgehead atoms. The van der Waals surface area contributed by atoms with E-state index in [1.807, 2.05) is 0 Å². The Morgan fingerprint density at radius 2 is 1.67 bits per heavy atom. The molecule has 2 N–H and O–H groups in total. The van der Waals surface area contributed by atoms with Crippen LogP contribution in [-0.2, 0) is 6.18 Å². The lowest BCUT2D eigenvalue weighted by molar-refractivity contribution is -0.140. The third kappa shape index (κ3) is 2.38. The Morgan fingerprint density at radius 3 is 2.22 bits per heavy atom. The van der Waals surface area contributed by atoms with E-state index in [9.17, 15) is 13.2 Å². The molecule has 0 radical (unpaired) electrons. The number of nitrogen functional groups attached to an aromatic ring is 1. The quantitative estimate of drug-likeness (QED) is 0.866. The van der Waals surface area contributed by atoms with Crippen LogP contribution in [0.2, 0.25) is 5.02 Å². The summed E-state index contributed by atoms with van der Waals surface area (Å²) in [4.78, 5) is 6.85. The van der Waals surface area contributed by atoms with Gasteiger partial charge in [0.25, 0.3) is 0 Å². The summed E-state index contributed by atoms with van der Waals surface area (Å²) < 4.78 is 38.5. The molecule has 1 aromatic heterocycles. The average molecular weight is 274 g/mol. The molecular weight excluding hydrogens is 267 g/mol. The van der Waals surface area contributed by atoms with Crippen molar-refractivity contribution in [3.8, 4) is 11.1 Å². The second kappa shape index (κ2) is 4.45. The van der Waals surface area contributed by atoms with Crippen molar-refractivity contribution in [2.24, 2.45) is 0 Å². The molecule has 0 aliphatic rings. The highest BCUT2D eigenvalue weighted by Gasteiger charge is 2.36. The molecule has 0 saturated heterocycles. The van der Waals surface area contributed by atoms with Gasteiger partial charge in [-0.3, -0.25) is 0 Å². The highest BCUT2D eigenvalue weighted by molar-refractivity contribution is 6.30. The second-order valence-corrected chi connectivity index (χ2v) is 3.92. The normalized spacial score (nSPS) is 11.6. The number of nitrogens with zero attached hydrogens (tertiary/aromatic N) is 2. The molecule has 2 aromatic rings. The number of anilines is 1. The van der Waals surface area contributed by atoms with Crippen molar-refractivity contribution in [1.82, 2.24) is 9.97 Å². The summed E-state index contributed by atoms with van der Waals surface area (Å²) in [5.74, 6) is -0.223. The molecule has 94 valence electrons. The lowest BCUT2D eigenvalue weighted by atomic mass is 10.0. The van der Waals surface area contributed by atoms with Gasteiger partial charge >= 0.3 is 6.18 Å². The summed E-state index contributed by atoms with van der Waals surface area (Å²) in [6, 6.07) is 5.83. The smallest absolute Gasteiger partial charge is 0.383 e. The third-order valence-corrected chi connectivity index (χ3v) is 2.53. The molecule has 0 amide bonds. The number of hydrogen-bond donors (Lipinski definition) is 1. The van der Waals surface area contributed by atoms with E-state index < -0.39 is 11.9 Å². The summed E-state index contributed by atoms with van der Waals surface area (Å²) >= 11 is 5.68. The van der Waals surface area contributed by atoms with Gasteiger partial charge in [-0.05, 0) is 17.7 Å². The summed E-state index contributed by atoms with van der Waals surface area (Å²) in [5.41, 5.74) is 4.48. The Bertz CT molecular complexity index is 567. The average Bonchev–Trinajstić information content (AvgIpc) is 2.29. The van der Waals surface area contributed by atoms with Crippen molar-refractivity contribution in [1.29, 1.82) is 0 Å². The SMILES string of the molecule is Nc1ncnc(C(F)(F)F)c1-c1ccc(Cl)cc1. The molecule has 3 nitrogen and oxygen atoms in total. The van der Waals surface area contributed by atoms with Gasteiger partial charge in [-0.15, -0.1) is 0 Å². The van der Waals surface area contributed by atoms with Crippen LogP contribution in [0.4, 0.5) is 19.0 Å². The first-order valence-corrected chi connectivity index (χ1v) is 5.21. The molecule has 1 aromatic carbocycles. The van der Waals surface area contributed by atoms with Crippen LogP contribution < -0.4 is 5.73 Å². The van der Waals surface area contributed by atoms with Gasteiger partial charge in [0.05, 0.1) is 5.56 Å². The number of nitrogens with two attached hydrogens (primary N) is 1.